The van der Waals surface area contributed by atoms with Gasteiger partial charge in [0, 0.05) is 22.9 Å². The summed E-state index contributed by atoms with van der Waals surface area (Å²) in [5, 5.41) is 2.91. The summed E-state index contributed by atoms with van der Waals surface area (Å²) in [7, 11) is 0. The molecule has 0 aliphatic heterocycles. The minimum atomic E-state index is -0.240. The fourth-order valence-corrected chi connectivity index (χ4v) is 4.05. The van der Waals surface area contributed by atoms with Gasteiger partial charge >= 0.3 is 0 Å². The molecule has 2 heterocycles. The number of nitrogens with zero attached hydrogens (tertiary/aromatic N) is 2. The van der Waals surface area contributed by atoms with Crippen molar-refractivity contribution in [1.29, 1.82) is 0 Å². The Labute approximate surface area is 190 Å². The first kappa shape index (κ1) is 21.6. The molecule has 0 atom stereocenters. The average molecular weight is 446 g/mol. The lowest BCUT2D eigenvalue weighted by Crippen LogP contribution is -2.20. The Morgan fingerprint density at radius 2 is 1.81 bits per heavy atom. The van der Waals surface area contributed by atoms with Crippen LogP contribution in [0.4, 0.5) is 5.69 Å². The Kier molecular flexibility index (Phi) is 6.56. The second-order valence-corrected chi connectivity index (χ2v) is 8.47. The van der Waals surface area contributed by atoms with Gasteiger partial charge in [-0.1, -0.05) is 29.8 Å². The summed E-state index contributed by atoms with van der Waals surface area (Å²) >= 11 is 1.51. The van der Waals surface area contributed by atoms with Gasteiger partial charge in [-0.25, -0.2) is 4.98 Å². The lowest BCUT2D eigenvalue weighted by molar-refractivity contribution is -0.118. The average Bonchev–Trinajstić information content (AvgIpc) is 2.78. The number of amides is 1. The van der Waals surface area contributed by atoms with Crippen molar-refractivity contribution in [3.05, 3.63) is 100 Å². The quantitative estimate of drug-likeness (QED) is 0.420. The molecule has 0 saturated heterocycles. The van der Waals surface area contributed by atoms with E-state index in [9.17, 15) is 9.59 Å². The normalized spacial score (nSPS) is 10.8. The zero-order valence-electron chi connectivity index (χ0n) is 17.9. The van der Waals surface area contributed by atoms with Crippen LogP contribution in [0.5, 0.6) is 5.75 Å². The van der Waals surface area contributed by atoms with Crippen molar-refractivity contribution in [2.45, 2.75) is 24.5 Å². The summed E-state index contributed by atoms with van der Waals surface area (Å²) in [4.78, 5) is 30.3. The number of rotatable bonds is 7. The van der Waals surface area contributed by atoms with Crippen LogP contribution in [-0.4, -0.2) is 21.9 Å². The van der Waals surface area contributed by atoms with Crippen molar-refractivity contribution in [3.63, 3.8) is 0 Å². The number of pyridine rings is 1. The zero-order chi connectivity index (χ0) is 22.5. The van der Waals surface area contributed by atoms with E-state index < -0.39 is 0 Å². The largest absolute Gasteiger partial charge is 0.484 e. The van der Waals surface area contributed by atoms with Crippen molar-refractivity contribution < 1.29 is 9.53 Å². The van der Waals surface area contributed by atoms with Gasteiger partial charge in [0.05, 0.1) is 11.4 Å². The summed E-state index contributed by atoms with van der Waals surface area (Å²) in [5.74, 6) is 0.917. The molecule has 32 heavy (non-hydrogen) atoms. The number of thioether (sulfide) groups is 1. The fourth-order valence-electron chi connectivity index (χ4n) is 3.14. The van der Waals surface area contributed by atoms with E-state index in [1.165, 1.54) is 16.2 Å². The smallest absolute Gasteiger partial charge is 0.262 e. The number of aromatic nitrogens is 2. The minimum Gasteiger partial charge on any atom is -0.484 e. The second-order valence-electron chi connectivity index (χ2n) is 7.45. The molecule has 2 aromatic heterocycles. The fraction of sp³-hybridized carbons (Fsp3) is 0.160. The van der Waals surface area contributed by atoms with E-state index >= 15 is 0 Å². The Hall–Kier alpha value is -3.58. The molecule has 6 nitrogen and oxygen atoms in total. The molecule has 0 fully saturated rings. The van der Waals surface area contributed by atoms with Crippen molar-refractivity contribution in [2.75, 3.05) is 11.9 Å². The van der Waals surface area contributed by atoms with E-state index in [0.29, 0.717) is 28.5 Å². The third kappa shape index (κ3) is 5.36. The van der Waals surface area contributed by atoms with Crippen LogP contribution in [0.2, 0.25) is 0 Å². The number of carbonyl (C=O) groups is 1. The molecule has 162 valence electrons. The van der Waals surface area contributed by atoms with E-state index in [1.807, 2.05) is 74.5 Å². The molecule has 0 spiro atoms. The van der Waals surface area contributed by atoms with E-state index in [4.69, 9.17) is 4.74 Å². The highest BCUT2D eigenvalue weighted by Gasteiger charge is 2.10. The molecule has 0 bridgehead atoms. The van der Waals surface area contributed by atoms with Crippen LogP contribution in [-0.2, 0) is 10.5 Å². The molecule has 1 N–H and O–H groups in total. The Bertz CT molecular complexity index is 1320. The third-order valence-corrected chi connectivity index (χ3v) is 5.91. The maximum absolute atomic E-state index is 12.4. The summed E-state index contributed by atoms with van der Waals surface area (Å²) in [6, 6.07) is 20.4. The zero-order valence-corrected chi connectivity index (χ0v) is 18.7. The van der Waals surface area contributed by atoms with Crippen molar-refractivity contribution in [3.8, 4) is 5.75 Å². The molecule has 0 radical (unpaired) electrons. The molecule has 2 aromatic carbocycles. The summed E-state index contributed by atoms with van der Waals surface area (Å²) in [6.45, 7) is 3.88. The number of hydrogen-bond acceptors (Lipinski definition) is 5. The molecular formula is C25H23N3O3S. The van der Waals surface area contributed by atoms with Gasteiger partial charge in [-0.15, -0.1) is 11.8 Å². The van der Waals surface area contributed by atoms with Gasteiger partial charge in [0.25, 0.3) is 11.5 Å². The van der Waals surface area contributed by atoms with Gasteiger partial charge in [-0.05, 0) is 55.8 Å². The van der Waals surface area contributed by atoms with Crippen molar-refractivity contribution in [1.82, 2.24) is 9.38 Å². The standard InChI is InChI=1S/C25H23N3O3S/c1-17-7-9-20(10-8-17)31-15-24(29)27-21-5-3-4-6-22(21)32-16-19-14-25(30)28-12-11-18(2)13-23(28)26-19/h3-14H,15-16H2,1-2H3,(H,27,29). The number of benzene rings is 2. The SMILES string of the molecule is Cc1ccc(OCC(=O)Nc2ccccc2SCc2cc(=O)n3ccc(C)cc3n2)cc1. The maximum Gasteiger partial charge on any atom is 0.262 e. The molecule has 0 saturated carbocycles. The first-order valence-corrected chi connectivity index (χ1v) is 11.2. The van der Waals surface area contributed by atoms with Crippen LogP contribution in [0, 0.1) is 13.8 Å². The molecule has 7 heteroatoms. The highest BCUT2D eigenvalue weighted by atomic mass is 32.2. The van der Waals surface area contributed by atoms with E-state index in [2.05, 4.69) is 10.3 Å². The van der Waals surface area contributed by atoms with Gasteiger partial charge in [-0.3, -0.25) is 14.0 Å². The van der Waals surface area contributed by atoms with Crippen molar-refractivity contribution in [2.24, 2.45) is 0 Å². The van der Waals surface area contributed by atoms with Crippen LogP contribution >= 0.6 is 11.8 Å². The third-order valence-electron chi connectivity index (χ3n) is 4.80. The monoisotopic (exact) mass is 445 g/mol. The van der Waals surface area contributed by atoms with Crippen LogP contribution in [0.25, 0.3) is 5.65 Å². The second kappa shape index (κ2) is 9.70. The number of carbonyl (C=O) groups excluding carboxylic acids is 1. The number of hydrogen-bond donors (Lipinski definition) is 1. The molecule has 1 amide bonds. The van der Waals surface area contributed by atoms with Crippen LogP contribution in [0.3, 0.4) is 0 Å². The van der Waals surface area contributed by atoms with Gasteiger partial charge in [0.15, 0.2) is 6.61 Å². The highest BCUT2D eigenvalue weighted by molar-refractivity contribution is 7.98. The Morgan fingerprint density at radius 3 is 2.62 bits per heavy atom. The summed E-state index contributed by atoms with van der Waals surface area (Å²) in [5.41, 5.74) is 4.08. The molecule has 0 aliphatic rings. The van der Waals surface area contributed by atoms with Gasteiger partial charge in [-0.2, -0.15) is 0 Å². The number of ether oxygens (including phenoxy) is 1. The van der Waals surface area contributed by atoms with Gasteiger partial charge in [0.1, 0.15) is 11.4 Å². The number of fused-ring (bicyclic) bond motifs is 1. The van der Waals surface area contributed by atoms with Gasteiger partial charge in [0.2, 0.25) is 0 Å². The molecule has 0 unspecified atom stereocenters. The van der Waals surface area contributed by atoms with E-state index in [1.54, 1.807) is 12.3 Å². The predicted octanol–water partition coefficient (Wildman–Crippen LogP) is 4.62. The Morgan fingerprint density at radius 1 is 1.03 bits per heavy atom. The first-order valence-electron chi connectivity index (χ1n) is 10.2. The number of aryl methyl sites for hydroxylation is 2. The summed E-state index contributed by atoms with van der Waals surface area (Å²) in [6.07, 6.45) is 1.74. The first-order chi connectivity index (χ1) is 15.5. The molecule has 4 rings (SSSR count). The number of para-hydroxylation sites is 1. The molecule has 4 aromatic rings. The van der Waals surface area contributed by atoms with E-state index in [-0.39, 0.29) is 18.1 Å². The number of anilines is 1. The predicted molar refractivity (Wildman–Crippen MR) is 128 cm³/mol. The topological polar surface area (TPSA) is 72.7 Å². The van der Waals surface area contributed by atoms with Crippen LogP contribution in [0.15, 0.2) is 82.6 Å². The highest BCUT2D eigenvalue weighted by Crippen LogP contribution is 2.29. The molecular weight excluding hydrogens is 422 g/mol. The molecule has 0 aliphatic carbocycles. The van der Waals surface area contributed by atoms with Gasteiger partial charge < -0.3 is 10.1 Å². The minimum absolute atomic E-state index is 0.0790. The lowest BCUT2D eigenvalue weighted by atomic mass is 10.2. The number of nitrogens with one attached hydrogen (secondary N) is 1. The lowest BCUT2D eigenvalue weighted by Gasteiger charge is -2.12. The maximum atomic E-state index is 12.4. The Balaban J connectivity index is 1.42. The van der Waals surface area contributed by atoms with Crippen LogP contribution < -0.4 is 15.6 Å². The van der Waals surface area contributed by atoms with Crippen LogP contribution in [0.1, 0.15) is 16.8 Å². The summed E-state index contributed by atoms with van der Waals surface area (Å²) < 4.78 is 7.09. The van der Waals surface area contributed by atoms with Crippen molar-refractivity contribution >= 4 is 29.0 Å². The van der Waals surface area contributed by atoms with E-state index in [0.717, 1.165) is 16.0 Å².